The minimum absolute atomic E-state index is 0.428. The summed E-state index contributed by atoms with van der Waals surface area (Å²) in [6.07, 6.45) is -0.435. The smallest absolute Gasteiger partial charge is 0.412 e. The van der Waals surface area contributed by atoms with Gasteiger partial charge in [-0.2, -0.15) is 0 Å². The lowest BCUT2D eigenvalue weighted by Crippen LogP contribution is -2.34. The zero-order chi connectivity index (χ0) is 11.5. The second kappa shape index (κ2) is 4.96. The highest BCUT2D eigenvalue weighted by Crippen LogP contribution is 2.19. The highest BCUT2D eigenvalue weighted by Gasteiger charge is 2.29. The summed E-state index contributed by atoms with van der Waals surface area (Å²) in [7, 11) is -1.17. The number of likely N-dealkylation sites (tertiary alicyclic amines) is 1. The highest BCUT2D eigenvalue weighted by atomic mass is 28.3. The van der Waals surface area contributed by atoms with Crippen LogP contribution >= 0.6 is 0 Å². The first-order chi connectivity index (χ1) is 6.90. The van der Waals surface area contributed by atoms with Gasteiger partial charge in [0, 0.05) is 14.6 Å². The largest absolute Gasteiger partial charge is 0.450 e. The Morgan fingerprint density at radius 2 is 2.20 bits per heavy atom. The molecule has 0 spiro atoms. The van der Waals surface area contributed by atoms with Gasteiger partial charge in [0.25, 0.3) is 0 Å². The van der Waals surface area contributed by atoms with E-state index in [-0.39, 0.29) is 0 Å². The van der Waals surface area contributed by atoms with Crippen molar-refractivity contribution in [2.24, 2.45) is 0 Å². The maximum atomic E-state index is 13.1. The molecular weight excluding hydrogens is 213 g/mol. The molecule has 0 saturated carbocycles. The van der Waals surface area contributed by atoms with E-state index in [1.54, 1.807) is 0 Å². The zero-order valence-corrected chi connectivity index (χ0v) is 10.8. The molecule has 1 aliphatic rings. The Morgan fingerprint density at radius 1 is 1.53 bits per heavy atom. The lowest BCUT2D eigenvalue weighted by molar-refractivity contribution is 0.0720. The molecule has 1 atom stereocenters. The molecule has 0 aromatic heterocycles. The van der Waals surface area contributed by atoms with E-state index < -0.39 is 20.5 Å². The third kappa shape index (κ3) is 4.20. The summed E-state index contributed by atoms with van der Waals surface area (Å²) in [6.45, 7) is 7.57. The van der Waals surface area contributed by atoms with Gasteiger partial charge < -0.3 is 4.74 Å². The van der Waals surface area contributed by atoms with Crippen molar-refractivity contribution in [2.75, 3.05) is 13.2 Å². The van der Waals surface area contributed by atoms with Gasteiger partial charge in [-0.3, -0.25) is 4.90 Å². The van der Waals surface area contributed by atoms with Crippen LogP contribution in [0, 0.1) is 0 Å². The van der Waals surface area contributed by atoms with Crippen molar-refractivity contribution in [1.29, 1.82) is 0 Å². The monoisotopic (exact) mass is 233 g/mol. The summed E-state index contributed by atoms with van der Waals surface area (Å²) < 4.78 is 18.2. The van der Waals surface area contributed by atoms with Gasteiger partial charge in [0.2, 0.25) is 0 Å². The molecule has 3 nitrogen and oxygen atoms in total. The topological polar surface area (TPSA) is 29.5 Å². The number of hydrogen-bond donors (Lipinski definition) is 0. The van der Waals surface area contributed by atoms with Crippen LogP contribution in [0.5, 0.6) is 0 Å². The van der Waals surface area contributed by atoms with Crippen LogP contribution in [0.1, 0.15) is 12.8 Å². The molecule has 1 saturated heterocycles. The molecule has 0 aliphatic carbocycles. The quantitative estimate of drug-likeness (QED) is 0.554. The van der Waals surface area contributed by atoms with Crippen LogP contribution in [0.25, 0.3) is 0 Å². The Hall–Kier alpha value is -0.583. The number of carbonyl (C=O) groups is 1. The van der Waals surface area contributed by atoms with E-state index in [0.717, 1.165) is 12.5 Å². The van der Waals surface area contributed by atoms with E-state index in [0.29, 0.717) is 19.6 Å². The summed E-state index contributed by atoms with van der Waals surface area (Å²) in [5.74, 6) is 0. The predicted molar refractivity (Wildman–Crippen MR) is 60.3 cm³/mol. The van der Waals surface area contributed by atoms with Crippen LogP contribution in [0.2, 0.25) is 25.7 Å². The molecule has 0 aromatic rings. The Bertz CT molecular complexity index is 230. The number of rotatable bonds is 3. The Kier molecular flexibility index (Phi) is 4.13. The van der Waals surface area contributed by atoms with Crippen molar-refractivity contribution in [3.05, 3.63) is 0 Å². The SMILES string of the molecule is C[Si](C)(C)CCOC(=O)N1CCCC1F. The van der Waals surface area contributed by atoms with Gasteiger partial charge >= 0.3 is 6.09 Å². The van der Waals surface area contributed by atoms with Crippen molar-refractivity contribution < 1.29 is 13.9 Å². The van der Waals surface area contributed by atoms with Gasteiger partial charge in [-0.1, -0.05) is 19.6 Å². The van der Waals surface area contributed by atoms with E-state index in [4.69, 9.17) is 4.74 Å². The second-order valence-electron chi connectivity index (χ2n) is 5.20. The number of alkyl halides is 1. The van der Waals surface area contributed by atoms with E-state index >= 15 is 0 Å². The molecule has 0 aromatic carbocycles. The predicted octanol–water partition coefficient (Wildman–Crippen LogP) is 2.85. The minimum Gasteiger partial charge on any atom is -0.450 e. The number of carbonyl (C=O) groups excluding carboxylic acids is 1. The lowest BCUT2D eigenvalue weighted by Gasteiger charge is -2.20. The summed E-state index contributed by atoms with van der Waals surface area (Å²) in [5.41, 5.74) is 0. The van der Waals surface area contributed by atoms with Crippen molar-refractivity contribution in [3.8, 4) is 0 Å². The highest BCUT2D eigenvalue weighted by molar-refractivity contribution is 6.76. The molecule has 1 heterocycles. The van der Waals surface area contributed by atoms with Crippen LogP contribution in [0.4, 0.5) is 9.18 Å². The molecule has 1 amide bonds. The molecular formula is C10H20FNO2Si. The van der Waals surface area contributed by atoms with E-state index in [9.17, 15) is 9.18 Å². The average molecular weight is 233 g/mol. The molecule has 0 radical (unpaired) electrons. The fraction of sp³-hybridized carbons (Fsp3) is 0.900. The Labute approximate surface area is 91.6 Å². The van der Waals surface area contributed by atoms with Crippen molar-refractivity contribution in [1.82, 2.24) is 4.90 Å². The fourth-order valence-corrected chi connectivity index (χ4v) is 2.17. The van der Waals surface area contributed by atoms with Crippen LogP contribution in [-0.2, 0) is 4.74 Å². The Morgan fingerprint density at radius 3 is 2.67 bits per heavy atom. The number of halogens is 1. The first-order valence-electron chi connectivity index (χ1n) is 5.47. The van der Waals surface area contributed by atoms with Crippen molar-refractivity contribution >= 4 is 14.2 Å². The standard InChI is InChI=1S/C10H20FNO2Si/c1-15(2,3)8-7-14-10(13)12-6-4-5-9(12)11/h9H,4-8H2,1-3H3. The first-order valence-corrected chi connectivity index (χ1v) is 9.18. The van der Waals surface area contributed by atoms with E-state index in [2.05, 4.69) is 19.6 Å². The minimum atomic E-state index is -1.17. The van der Waals surface area contributed by atoms with Crippen LogP contribution in [0.3, 0.4) is 0 Å². The molecule has 1 fully saturated rings. The van der Waals surface area contributed by atoms with Crippen LogP contribution in [0.15, 0.2) is 0 Å². The average Bonchev–Trinajstić information content (AvgIpc) is 2.48. The normalized spacial score (nSPS) is 21.9. The van der Waals surface area contributed by atoms with E-state index in [1.165, 1.54) is 4.90 Å². The first kappa shape index (κ1) is 12.5. The maximum Gasteiger partial charge on any atom is 0.412 e. The molecule has 0 bridgehead atoms. The molecule has 88 valence electrons. The molecule has 15 heavy (non-hydrogen) atoms. The number of nitrogens with zero attached hydrogens (tertiary/aromatic N) is 1. The Balaban J connectivity index is 2.24. The maximum absolute atomic E-state index is 13.1. The number of amides is 1. The fourth-order valence-electron chi connectivity index (χ4n) is 1.46. The molecule has 5 heteroatoms. The molecule has 1 unspecified atom stereocenters. The van der Waals surface area contributed by atoms with Crippen molar-refractivity contribution in [3.63, 3.8) is 0 Å². The van der Waals surface area contributed by atoms with Gasteiger partial charge in [0.05, 0.1) is 6.61 Å². The summed E-state index contributed by atoms with van der Waals surface area (Å²) in [4.78, 5) is 12.6. The van der Waals surface area contributed by atoms with Crippen LogP contribution < -0.4 is 0 Å². The lowest BCUT2D eigenvalue weighted by atomic mass is 10.4. The molecule has 1 aliphatic heterocycles. The van der Waals surface area contributed by atoms with Gasteiger partial charge in [-0.05, 0) is 18.9 Å². The number of hydrogen-bond acceptors (Lipinski definition) is 2. The van der Waals surface area contributed by atoms with Gasteiger partial charge in [0.1, 0.15) is 0 Å². The number of ether oxygens (including phenoxy) is 1. The summed E-state index contributed by atoms with van der Waals surface area (Å²) >= 11 is 0. The summed E-state index contributed by atoms with van der Waals surface area (Å²) in [6, 6.07) is 0.934. The van der Waals surface area contributed by atoms with E-state index in [1.807, 2.05) is 0 Å². The molecule has 0 N–H and O–H groups in total. The van der Waals surface area contributed by atoms with Crippen molar-refractivity contribution in [2.45, 2.75) is 44.8 Å². The van der Waals surface area contributed by atoms with Gasteiger partial charge in [-0.25, -0.2) is 9.18 Å². The van der Waals surface area contributed by atoms with Gasteiger partial charge in [0.15, 0.2) is 6.30 Å². The van der Waals surface area contributed by atoms with Crippen LogP contribution in [-0.4, -0.2) is 38.5 Å². The van der Waals surface area contributed by atoms with Gasteiger partial charge in [-0.15, -0.1) is 0 Å². The third-order valence-corrected chi connectivity index (χ3v) is 4.20. The third-order valence-electron chi connectivity index (χ3n) is 2.49. The molecule has 1 rings (SSSR count). The zero-order valence-electron chi connectivity index (χ0n) is 9.75. The second-order valence-corrected chi connectivity index (χ2v) is 10.8. The summed E-state index contributed by atoms with van der Waals surface area (Å²) in [5, 5.41) is 0.